The molecule has 0 aliphatic heterocycles. The number of anilines is 1. The lowest BCUT2D eigenvalue weighted by Gasteiger charge is -2.33. The summed E-state index contributed by atoms with van der Waals surface area (Å²) < 4.78 is 17.9. The summed E-state index contributed by atoms with van der Waals surface area (Å²) in [5.74, 6) is 1.13. The van der Waals surface area contributed by atoms with Gasteiger partial charge < -0.3 is 5.32 Å². The van der Waals surface area contributed by atoms with Crippen molar-refractivity contribution in [1.29, 1.82) is 0 Å². The Hall–Kier alpha value is -3.03. The largest absolute Gasteiger partial charge is 0.350 e. The number of aryl methyl sites for hydroxylation is 1. The van der Waals surface area contributed by atoms with Gasteiger partial charge in [0.25, 0.3) is 0 Å². The molecular formula is C19H20FN7. The van der Waals surface area contributed by atoms with E-state index in [4.69, 9.17) is 0 Å². The number of fused-ring (bicyclic) bond motifs is 2. The summed E-state index contributed by atoms with van der Waals surface area (Å²) in [4.78, 5) is 13.1. The van der Waals surface area contributed by atoms with Crippen molar-refractivity contribution in [1.82, 2.24) is 29.0 Å². The summed E-state index contributed by atoms with van der Waals surface area (Å²) in [6.45, 7) is 2.35. The monoisotopic (exact) mass is 365 g/mol. The van der Waals surface area contributed by atoms with Gasteiger partial charge in [0.2, 0.25) is 11.7 Å². The van der Waals surface area contributed by atoms with E-state index in [1.165, 1.54) is 0 Å². The average Bonchev–Trinajstić information content (AvgIpc) is 3.27. The molecule has 1 fully saturated rings. The zero-order valence-corrected chi connectivity index (χ0v) is 15.1. The van der Waals surface area contributed by atoms with Crippen LogP contribution in [0.4, 0.5) is 10.3 Å². The number of nitrogens with one attached hydrogen (secondary N) is 1. The average molecular weight is 365 g/mol. The maximum absolute atomic E-state index is 14.2. The number of hydrogen-bond donors (Lipinski definition) is 1. The Labute approximate surface area is 155 Å². The first kappa shape index (κ1) is 16.2. The van der Waals surface area contributed by atoms with Gasteiger partial charge in [0, 0.05) is 35.4 Å². The van der Waals surface area contributed by atoms with Crippen molar-refractivity contribution >= 4 is 17.2 Å². The molecule has 27 heavy (non-hydrogen) atoms. The first-order valence-corrected chi connectivity index (χ1v) is 9.25. The third-order valence-electron chi connectivity index (χ3n) is 5.34. The van der Waals surface area contributed by atoms with Crippen LogP contribution in [0.2, 0.25) is 0 Å². The number of halogens is 1. The van der Waals surface area contributed by atoms with E-state index < -0.39 is 5.67 Å². The highest BCUT2D eigenvalue weighted by molar-refractivity contribution is 5.79. The molecule has 0 radical (unpaired) electrons. The molecule has 138 valence electrons. The Kier molecular flexibility index (Phi) is 3.60. The smallest absolute Gasteiger partial charge is 0.241 e. The Morgan fingerprint density at radius 2 is 2.04 bits per heavy atom. The minimum atomic E-state index is -1.11. The molecule has 1 N–H and O–H groups in total. The molecule has 0 bridgehead atoms. The quantitative estimate of drug-likeness (QED) is 0.587. The zero-order valence-electron chi connectivity index (χ0n) is 15.1. The van der Waals surface area contributed by atoms with Crippen molar-refractivity contribution in [2.75, 3.05) is 11.9 Å². The van der Waals surface area contributed by atoms with Crippen LogP contribution in [0.1, 0.15) is 31.9 Å². The van der Waals surface area contributed by atoms with Crippen molar-refractivity contribution in [3.63, 3.8) is 0 Å². The van der Waals surface area contributed by atoms with E-state index in [0.717, 1.165) is 35.2 Å². The third kappa shape index (κ3) is 2.72. The minimum Gasteiger partial charge on any atom is -0.350 e. The lowest BCUT2D eigenvalue weighted by molar-refractivity contribution is 0.0782. The van der Waals surface area contributed by atoms with Crippen LogP contribution >= 0.6 is 0 Å². The molecule has 0 aromatic carbocycles. The van der Waals surface area contributed by atoms with Crippen molar-refractivity contribution in [3.8, 4) is 11.1 Å². The molecule has 0 saturated heterocycles. The minimum absolute atomic E-state index is 0.258. The highest BCUT2D eigenvalue weighted by atomic mass is 19.1. The standard InChI is InChI=1S/C19H20FN7/c1-2-14-9-23-18-22-8-13(11-26(14)18)15-4-7-27-16(15)10-21-17(25-27)24-12-19(20)5-3-6-19/h4,7-11H,2-3,5-6,12H2,1H3,(H,24,25). The Balaban J connectivity index is 1.47. The molecule has 0 unspecified atom stereocenters. The molecule has 7 nitrogen and oxygen atoms in total. The Morgan fingerprint density at radius 1 is 1.19 bits per heavy atom. The van der Waals surface area contributed by atoms with E-state index in [1.54, 1.807) is 10.7 Å². The fourth-order valence-corrected chi connectivity index (χ4v) is 3.52. The normalized spacial score (nSPS) is 15.9. The van der Waals surface area contributed by atoms with E-state index in [-0.39, 0.29) is 6.54 Å². The summed E-state index contributed by atoms with van der Waals surface area (Å²) in [7, 11) is 0. The molecule has 0 spiro atoms. The lowest BCUT2D eigenvalue weighted by atomic mass is 9.82. The van der Waals surface area contributed by atoms with Gasteiger partial charge in [-0.2, -0.15) is 0 Å². The molecule has 0 atom stereocenters. The van der Waals surface area contributed by atoms with E-state index in [1.807, 2.05) is 35.3 Å². The number of aromatic nitrogens is 6. The van der Waals surface area contributed by atoms with Crippen LogP contribution in [-0.2, 0) is 6.42 Å². The molecule has 4 aromatic heterocycles. The van der Waals surface area contributed by atoms with Crippen LogP contribution < -0.4 is 5.32 Å². The molecule has 1 saturated carbocycles. The van der Waals surface area contributed by atoms with Gasteiger partial charge >= 0.3 is 0 Å². The highest BCUT2D eigenvalue weighted by Crippen LogP contribution is 2.35. The van der Waals surface area contributed by atoms with Crippen LogP contribution in [0.15, 0.2) is 37.1 Å². The first-order chi connectivity index (χ1) is 13.1. The molecule has 1 aliphatic rings. The highest BCUT2D eigenvalue weighted by Gasteiger charge is 2.36. The van der Waals surface area contributed by atoms with Crippen molar-refractivity contribution < 1.29 is 4.39 Å². The molecule has 4 aromatic rings. The Bertz CT molecular complexity index is 1130. The lowest BCUT2D eigenvalue weighted by Crippen LogP contribution is -2.39. The van der Waals surface area contributed by atoms with Gasteiger partial charge in [0.1, 0.15) is 5.67 Å². The van der Waals surface area contributed by atoms with Crippen LogP contribution in [0, 0.1) is 0 Å². The summed E-state index contributed by atoms with van der Waals surface area (Å²) in [6, 6.07) is 1.99. The molecule has 1 aliphatic carbocycles. The van der Waals surface area contributed by atoms with E-state index in [0.29, 0.717) is 24.6 Å². The van der Waals surface area contributed by atoms with E-state index in [9.17, 15) is 4.39 Å². The summed E-state index contributed by atoms with van der Waals surface area (Å²) >= 11 is 0. The second-order valence-electron chi connectivity index (χ2n) is 7.11. The summed E-state index contributed by atoms with van der Waals surface area (Å²) in [5, 5.41) is 7.48. The number of nitrogens with zero attached hydrogens (tertiary/aromatic N) is 6. The van der Waals surface area contributed by atoms with Gasteiger partial charge in [0.05, 0.1) is 24.5 Å². The molecule has 0 amide bonds. The predicted octanol–water partition coefficient (Wildman–Crippen LogP) is 3.31. The maximum Gasteiger partial charge on any atom is 0.241 e. The fraction of sp³-hybridized carbons (Fsp3) is 0.368. The van der Waals surface area contributed by atoms with Gasteiger partial charge in [-0.3, -0.25) is 4.40 Å². The van der Waals surface area contributed by atoms with Crippen LogP contribution in [0.3, 0.4) is 0 Å². The number of hydrogen-bond acceptors (Lipinski definition) is 5. The second-order valence-corrected chi connectivity index (χ2v) is 7.11. The van der Waals surface area contributed by atoms with Crippen molar-refractivity contribution in [3.05, 3.63) is 42.7 Å². The van der Waals surface area contributed by atoms with Crippen LogP contribution in [0.25, 0.3) is 22.4 Å². The van der Waals surface area contributed by atoms with Gasteiger partial charge in [0.15, 0.2) is 0 Å². The van der Waals surface area contributed by atoms with E-state index in [2.05, 4.69) is 32.3 Å². The van der Waals surface area contributed by atoms with Crippen LogP contribution in [-0.4, -0.2) is 41.2 Å². The maximum atomic E-state index is 14.2. The van der Waals surface area contributed by atoms with Gasteiger partial charge in [-0.05, 0) is 31.7 Å². The molecular weight excluding hydrogens is 345 g/mol. The number of rotatable bonds is 5. The number of imidazole rings is 1. The fourth-order valence-electron chi connectivity index (χ4n) is 3.52. The van der Waals surface area contributed by atoms with E-state index >= 15 is 0 Å². The molecule has 5 rings (SSSR count). The second kappa shape index (κ2) is 6.00. The molecule has 8 heteroatoms. The zero-order chi connectivity index (χ0) is 18.4. The van der Waals surface area contributed by atoms with Gasteiger partial charge in [-0.15, -0.1) is 5.10 Å². The topological polar surface area (TPSA) is 72.4 Å². The van der Waals surface area contributed by atoms with Crippen molar-refractivity contribution in [2.24, 2.45) is 0 Å². The first-order valence-electron chi connectivity index (χ1n) is 9.25. The SMILES string of the molecule is CCc1cnc2ncc(-c3ccn4nc(NCC5(F)CCC5)ncc34)cn12. The summed E-state index contributed by atoms with van der Waals surface area (Å²) in [5.41, 5.74) is 2.84. The van der Waals surface area contributed by atoms with Gasteiger partial charge in [-0.1, -0.05) is 6.92 Å². The molecule has 4 heterocycles. The van der Waals surface area contributed by atoms with Crippen molar-refractivity contribution in [2.45, 2.75) is 38.3 Å². The third-order valence-corrected chi connectivity index (χ3v) is 5.34. The Morgan fingerprint density at radius 3 is 2.81 bits per heavy atom. The number of alkyl halides is 1. The summed E-state index contributed by atoms with van der Waals surface area (Å²) in [6.07, 6.45) is 12.4. The predicted molar refractivity (Wildman–Crippen MR) is 101 cm³/mol. The van der Waals surface area contributed by atoms with Gasteiger partial charge in [-0.25, -0.2) is 23.9 Å². The van der Waals surface area contributed by atoms with Crippen LogP contribution in [0.5, 0.6) is 0 Å².